The third-order valence-electron chi connectivity index (χ3n) is 0.869. The van der Waals surface area contributed by atoms with E-state index in [-0.39, 0.29) is 5.91 Å². The van der Waals surface area contributed by atoms with Gasteiger partial charge >= 0.3 is 6.03 Å². The molecule has 4 heteroatoms. The highest BCUT2D eigenvalue weighted by Crippen LogP contribution is 1.97. The van der Waals surface area contributed by atoms with Crippen molar-refractivity contribution in [2.24, 2.45) is 0 Å². The molecule has 0 aliphatic carbocycles. The van der Waals surface area contributed by atoms with Gasteiger partial charge in [-0.3, -0.25) is 10.1 Å². The molecule has 0 aromatic heterocycles. The second-order valence-electron chi connectivity index (χ2n) is 1.53. The number of carbonyl (C=O) groups excluding carboxylic acids is 2. The highest BCUT2D eigenvalue weighted by atomic mass is 16.2. The topological polar surface area (TPSA) is 58.2 Å². The Balaban J connectivity index is 2.64. The Morgan fingerprint density at radius 2 is 1.88 bits per heavy atom. The van der Waals surface area contributed by atoms with Crippen LogP contribution in [0.2, 0.25) is 0 Å². The van der Waals surface area contributed by atoms with Crippen LogP contribution in [-0.2, 0) is 4.79 Å². The van der Waals surface area contributed by atoms with E-state index < -0.39 is 6.03 Å². The zero-order chi connectivity index (χ0) is 6.15. The fraction of sp³-hybridized carbons (Fsp3) is 0.250. The maximum absolute atomic E-state index is 10.4. The maximum atomic E-state index is 10.4. The van der Waals surface area contributed by atoms with Gasteiger partial charge in [-0.25, -0.2) is 4.79 Å². The molecule has 3 amide bonds. The summed E-state index contributed by atoms with van der Waals surface area (Å²) < 4.78 is 0. The molecule has 43 valence electrons. The molecule has 4 nitrogen and oxygen atoms in total. The van der Waals surface area contributed by atoms with Crippen LogP contribution in [0.4, 0.5) is 4.79 Å². The zero-order valence-electron chi connectivity index (χ0n) is 4.32. The number of imide groups is 1. The molecule has 1 fully saturated rings. The first-order valence-corrected chi connectivity index (χ1v) is 2.16. The summed E-state index contributed by atoms with van der Waals surface area (Å²) in [6.45, 7) is 1.54. The first-order valence-electron chi connectivity index (χ1n) is 2.16. The van der Waals surface area contributed by atoms with Crippen LogP contribution in [0.25, 0.3) is 0 Å². The monoisotopic (exact) mass is 113 g/mol. The molecule has 1 aliphatic heterocycles. The van der Waals surface area contributed by atoms with Crippen LogP contribution in [0.15, 0.2) is 0 Å². The van der Waals surface area contributed by atoms with E-state index >= 15 is 0 Å². The molecule has 0 aromatic rings. The molecule has 1 rings (SSSR count). The van der Waals surface area contributed by atoms with Crippen LogP contribution in [-0.4, -0.2) is 11.9 Å². The Morgan fingerprint density at radius 3 is 2.00 bits per heavy atom. The van der Waals surface area contributed by atoms with Gasteiger partial charge in [-0.1, -0.05) is 0 Å². The van der Waals surface area contributed by atoms with Crippen LogP contribution in [0.1, 0.15) is 6.92 Å². The third kappa shape index (κ3) is 0.641. The highest BCUT2D eigenvalue weighted by Gasteiger charge is 2.25. The van der Waals surface area contributed by atoms with Crippen molar-refractivity contribution in [1.29, 1.82) is 0 Å². The summed E-state index contributed by atoms with van der Waals surface area (Å²) in [6.07, 6.45) is 0. The lowest BCUT2D eigenvalue weighted by atomic mass is 10.4. The average Bonchev–Trinajstić information content (AvgIpc) is 1.85. The first kappa shape index (κ1) is 5.08. The van der Waals surface area contributed by atoms with Crippen LogP contribution in [0.3, 0.4) is 0 Å². The Labute approximate surface area is 46.3 Å². The minimum Gasteiger partial charge on any atom is -0.321 e. The van der Waals surface area contributed by atoms with Crippen LogP contribution < -0.4 is 10.6 Å². The molecule has 0 bridgehead atoms. The van der Waals surface area contributed by atoms with Crippen molar-refractivity contribution in [3.05, 3.63) is 6.04 Å². The minimum absolute atomic E-state index is 0.338. The average molecular weight is 113 g/mol. The molecule has 0 saturated carbocycles. The third-order valence-corrected chi connectivity index (χ3v) is 0.869. The lowest BCUT2D eigenvalue weighted by Crippen LogP contribution is -2.22. The van der Waals surface area contributed by atoms with Gasteiger partial charge in [0, 0.05) is 0 Å². The normalized spacial score (nSPS) is 20.6. The van der Waals surface area contributed by atoms with Crippen molar-refractivity contribution >= 4 is 11.9 Å². The predicted octanol–water partition coefficient (Wildman–Crippen LogP) is -0.622. The molecule has 1 radical (unpaired) electrons. The van der Waals surface area contributed by atoms with Gasteiger partial charge in [-0.15, -0.1) is 0 Å². The van der Waals surface area contributed by atoms with Crippen LogP contribution >= 0.6 is 0 Å². The fourth-order valence-electron chi connectivity index (χ4n) is 0.455. The number of hydrogen-bond donors (Lipinski definition) is 2. The van der Waals surface area contributed by atoms with Crippen molar-refractivity contribution in [2.75, 3.05) is 0 Å². The van der Waals surface area contributed by atoms with Gasteiger partial charge in [0.2, 0.25) is 0 Å². The van der Waals surface area contributed by atoms with Gasteiger partial charge in [-0.05, 0) is 6.92 Å². The Hall–Kier alpha value is -1.06. The molecule has 8 heavy (non-hydrogen) atoms. The highest BCUT2D eigenvalue weighted by molar-refractivity contribution is 6.08. The Kier molecular flexibility index (Phi) is 0.932. The van der Waals surface area contributed by atoms with Gasteiger partial charge in [0.1, 0.15) is 6.04 Å². The largest absolute Gasteiger partial charge is 0.322 e. The van der Waals surface area contributed by atoms with E-state index in [0.717, 1.165) is 0 Å². The standard InChI is InChI=1S/C4H5N2O2/c1-2-3(7)6-4(8)5-2/h1H3,(H2,5,6,7,8). The lowest BCUT2D eigenvalue weighted by Gasteiger charge is -1.89. The summed E-state index contributed by atoms with van der Waals surface area (Å²) in [5, 5.41) is 4.32. The van der Waals surface area contributed by atoms with Crippen molar-refractivity contribution in [3.63, 3.8) is 0 Å². The van der Waals surface area contributed by atoms with Gasteiger partial charge in [0.05, 0.1) is 0 Å². The molecule has 2 N–H and O–H groups in total. The molecule has 1 aliphatic rings. The summed E-state index contributed by atoms with van der Waals surface area (Å²) in [6, 6.07) is -0.0810. The molecular formula is C4H5N2O2. The fourth-order valence-corrected chi connectivity index (χ4v) is 0.455. The molecule has 0 atom stereocenters. The number of hydrogen-bond acceptors (Lipinski definition) is 2. The molecule has 0 unspecified atom stereocenters. The van der Waals surface area contributed by atoms with E-state index in [2.05, 4.69) is 5.32 Å². The number of rotatable bonds is 0. The quantitative estimate of drug-likeness (QED) is 0.411. The summed E-state index contributed by atoms with van der Waals surface area (Å²) in [5.41, 5.74) is 0. The van der Waals surface area contributed by atoms with Crippen LogP contribution in [0, 0.1) is 6.04 Å². The van der Waals surface area contributed by atoms with Crippen molar-refractivity contribution in [2.45, 2.75) is 6.92 Å². The summed E-state index contributed by atoms with van der Waals surface area (Å²) in [4.78, 5) is 20.6. The molecule has 0 spiro atoms. The lowest BCUT2D eigenvalue weighted by molar-refractivity contribution is -0.117. The Bertz CT molecular complexity index is 143. The summed E-state index contributed by atoms with van der Waals surface area (Å²) >= 11 is 0. The number of amides is 3. The summed E-state index contributed by atoms with van der Waals surface area (Å²) in [7, 11) is 0. The molecule has 1 saturated heterocycles. The van der Waals surface area contributed by atoms with E-state index in [1.165, 1.54) is 0 Å². The first-order chi connectivity index (χ1) is 3.70. The van der Waals surface area contributed by atoms with Crippen molar-refractivity contribution in [3.8, 4) is 0 Å². The molecular weight excluding hydrogens is 108 g/mol. The maximum Gasteiger partial charge on any atom is 0.322 e. The van der Waals surface area contributed by atoms with Gasteiger partial charge in [0.15, 0.2) is 0 Å². The zero-order valence-corrected chi connectivity index (χ0v) is 4.32. The van der Waals surface area contributed by atoms with Gasteiger partial charge in [0.25, 0.3) is 5.91 Å². The Morgan fingerprint density at radius 1 is 1.25 bits per heavy atom. The van der Waals surface area contributed by atoms with E-state index in [9.17, 15) is 9.59 Å². The molecule has 0 aromatic carbocycles. The van der Waals surface area contributed by atoms with Crippen molar-refractivity contribution < 1.29 is 9.59 Å². The van der Waals surface area contributed by atoms with Crippen molar-refractivity contribution in [1.82, 2.24) is 10.6 Å². The van der Waals surface area contributed by atoms with E-state index in [1.807, 2.05) is 5.32 Å². The van der Waals surface area contributed by atoms with Crippen LogP contribution in [0.5, 0.6) is 0 Å². The van der Waals surface area contributed by atoms with Gasteiger partial charge in [-0.2, -0.15) is 0 Å². The number of carbonyl (C=O) groups is 2. The number of urea groups is 1. The summed E-state index contributed by atoms with van der Waals surface area (Å²) in [5.74, 6) is -0.338. The molecule has 1 heterocycles. The second kappa shape index (κ2) is 1.47. The minimum atomic E-state index is -0.437. The van der Waals surface area contributed by atoms with E-state index in [4.69, 9.17) is 0 Å². The number of nitrogens with one attached hydrogen (secondary N) is 2. The van der Waals surface area contributed by atoms with Gasteiger partial charge < -0.3 is 5.32 Å². The predicted molar refractivity (Wildman–Crippen MR) is 25.6 cm³/mol. The van der Waals surface area contributed by atoms with E-state index in [0.29, 0.717) is 6.04 Å². The van der Waals surface area contributed by atoms with E-state index in [1.54, 1.807) is 6.92 Å². The second-order valence-corrected chi connectivity index (χ2v) is 1.53. The smallest absolute Gasteiger partial charge is 0.321 e. The SMILES string of the molecule is C[C]1NC(=O)NC1=O.